The summed E-state index contributed by atoms with van der Waals surface area (Å²) in [6, 6.07) is 7.23. The molecule has 0 fully saturated rings. The first-order valence-electron chi connectivity index (χ1n) is 2.99. The fourth-order valence-corrected chi connectivity index (χ4v) is 1.21. The molecule has 2 N–H and O–H groups in total. The lowest BCUT2D eigenvalue weighted by Gasteiger charge is -2.10. The second-order valence-corrected chi connectivity index (χ2v) is 2.82. The molecule has 0 aliphatic rings. The Morgan fingerprint density at radius 1 is 1.45 bits per heavy atom. The number of rotatable bonds is 2. The summed E-state index contributed by atoms with van der Waals surface area (Å²) in [5.41, 5.74) is 0.655. The molecule has 4 heteroatoms. The molecule has 0 unspecified atom stereocenters. The Balaban J connectivity index is 3.02. The Hall–Kier alpha value is -0.870. The van der Waals surface area contributed by atoms with Crippen LogP contribution in [0.4, 0.5) is 5.69 Å². The van der Waals surface area contributed by atoms with Crippen molar-refractivity contribution in [3.05, 3.63) is 28.7 Å². The molecule has 11 heavy (non-hydrogen) atoms. The van der Waals surface area contributed by atoms with Gasteiger partial charge in [-0.1, -0.05) is 12.1 Å². The van der Waals surface area contributed by atoms with E-state index >= 15 is 0 Å². The van der Waals surface area contributed by atoms with Crippen molar-refractivity contribution in [2.75, 3.05) is 5.01 Å². The molecule has 0 aliphatic heterocycles. The van der Waals surface area contributed by atoms with Gasteiger partial charge in [-0.25, -0.2) is 10.9 Å². The Bertz CT molecular complexity index is 264. The van der Waals surface area contributed by atoms with Gasteiger partial charge >= 0.3 is 0 Å². The molecule has 0 atom stereocenters. The van der Waals surface area contributed by atoms with Gasteiger partial charge in [-0.15, -0.1) is 0 Å². The average molecular weight is 215 g/mol. The minimum atomic E-state index is 0.556. The third-order valence-corrected chi connectivity index (χ3v) is 1.91. The molecule has 0 spiro atoms. The van der Waals surface area contributed by atoms with Crippen molar-refractivity contribution in [1.82, 2.24) is 0 Å². The van der Waals surface area contributed by atoms with Crippen molar-refractivity contribution >= 4 is 28.0 Å². The van der Waals surface area contributed by atoms with Gasteiger partial charge in [0.1, 0.15) is 0 Å². The van der Waals surface area contributed by atoms with Gasteiger partial charge in [-0.05, 0) is 28.1 Å². The highest BCUT2D eigenvalue weighted by Gasteiger charge is 2.01. The standard InChI is InChI=1S/C7H7BrN2O/c8-6-3-1-2-4-7(6)10(9)5-11/h1-5H,9H2. The van der Waals surface area contributed by atoms with Crippen LogP contribution >= 0.6 is 15.9 Å². The van der Waals surface area contributed by atoms with E-state index in [9.17, 15) is 4.79 Å². The number of carbonyl (C=O) groups excluding carboxylic acids is 1. The van der Waals surface area contributed by atoms with Crippen molar-refractivity contribution in [3.8, 4) is 0 Å². The van der Waals surface area contributed by atoms with Crippen LogP contribution in [0.5, 0.6) is 0 Å². The second-order valence-electron chi connectivity index (χ2n) is 1.96. The van der Waals surface area contributed by atoms with E-state index in [1.54, 1.807) is 6.07 Å². The molecule has 1 aromatic carbocycles. The van der Waals surface area contributed by atoms with Crippen LogP contribution in [0.3, 0.4) is 0 Å². The van der Waals surface area contributed by atoms with Crippen molar-refractivity contribution in [2.45, 2.75) is 0 Å². The number of hydrogen-bond acceptors (Lipinski definition) is 2. The highest BCUT2D eigenvalue weighted by atomic mass is 79.9. The Morgan fingerprint density at radius 2 is 2.09 bits per heavy atom. The Labute approximate surface area is 72.9 Å². The predicted octanol–water partition coefficient (Wildman–Crippen LogP) is 1.29. The lowest BCUT2D eigenvalue weighted by molar-refractivity contribution is -0.107. The largest absolute Gasteiger partial charge is 0.277 e. The van der Waals surface area contributed by atoms with Gasteiger partial charge in [0, 0.05) is 4.47 Å². The number of nitrogens with two attached hydrogens (primary N) is 1. The highest BCUT2D eigenvalue weighted by Crippen LogP contribution is 2.22. The molecule has 0 saturated heterocycles. The first-order chi connectivity index (χ1) is 5.25. The molecule has 0 aromatic heterocycles. The summed E-state index contributed by atoms with van der Waals surface area (Å²) in [6.07, 6.45) is 0.556. The summed E-state index contributed by atoms with van der Waals surface area (Å²) in [5.74, 6) is 5.33. The molecule has 0 heterocycles. The number of benzene rings is 1. The zero-order valence-corrected chi connectivity index (χ0v) is 7.28. The minimum Gasteiger partial charge on any atom is -0.277 e. The molecule has 58 valence electrons. The van der Waals surface area contributed by atoms with Crippen molar-refractivity contribution in [2.24, 2.45) is 5.84 Å². The van der Waals surface area contributed by atoms with Crippen LogP contribution in [0, 0.1) is 0 Å². The summed E-state index contributed by atoms with van der Waals surface area (Å²) < 4.78 is 0.801. The smallest absolute Gasteiger partial charge is 0.228 e. The number of amides is 1. The number of hydrogen-bond donors (Lipinski definition) is 1. The predicted molar refractivity (Wildman–Crippen MR) is 46.9 cm³/mol. The first kappa shape index (κ1) is 8.23. The Morgan fingerprint density at radius 3 is 2.64 bits per heavy atom. The van der Waals surface area contributed by atoms with Crippen molar-refractivity contribution in [1.29, 1.82) is 0 Å². The lowest BCUT2D eigenvalue weighted by Crippen LogP contribution is -2.28. The lowest BCUT2D eigenvalue weighted by atomic mass is 10.3. The van der Waals surface area contributed by atoms with Crippen molar-refractivity contribution in [3.63, 3.8) is 0 Å². The van der Waals surface area contributed by atoms with E-state index in [0.717, 1.165) is 9.48 Å². The fraction of sp³-hybridized carbons (Fsp3) is 0. The fourth-order valence-electron chi connectivity index (χ4n) is 0.718. The number of carbonyl (C=O) groups is 1. The molecule has 3 nitrogen and oxygen atoms in total. The molecular weight excluding hydrogens is 208 g/mol. The van der Waals surface area contributed by atoms with Gasteiger partial charge in [-0.2, -0.15) is 0 Å². The van der Waals surface area contributed by atoms with Gasteiger partial charge in [-0.3, -0.25) is 4.79 Å². The summed E-state index contributed by atoms with van der Waals surface area (Å²) in [4.78, 5) is 10.2. The van der Waals surface area contributed by atoms with Gasteiger partial charge < -0.3 is 0 Å². The van der Waals surface area contributed by atoms with Crippen LogP contribution in [0.15, 0.2) is 28.7 Å². The van der Waals surface area contributed by atoms with E-state index in [0.29, 0.717) is 12.1 Å². The summed E-state index contributed by atoms with van der Waals surface area (Å²) in [6.45, 7) is 0. The van der Waals surface area contributed by atoms with E-state index in [1.807, 2.05) is 18.2 Å². The van der Waals surface area contributed by atoms with E-state index in [2.05, 4.69) is 15.9 Å². The van der Waals surface area contributed by atoms with Gasteiger partial charge in [0.2, 0.25) is 6.41 Å². The topological polar surface area (TPSA) is 46.3 Å². The average Bonchev–Trinajstić information content (AvgIpc) is 2.04. The zero-order chi connectivity index (χ0) is 8.27. The molecule has 0 bridgehead atoms. The number of nitrogens with zero attached hydrogens (tertiary/aromatic N) is 1. The number of hydrazine groups is 1. The summed E-state index contributed by atoms with van der Waals surface area (Å²) in [7, 11) is 0. The molecule has 0 saturated carbocycles. The van der Waals surface area contributed by atoms with E-state index in [-0.39, 0.29) is 0 Å². The molecule has 0 aliphatic carbocycles. The minimum absolute atomic E-state index is 0.556. The third kappa shape index (κ3) is 1.78. The molecule has 1 amide bonds. The van der Waals surface area contributed by atoms with Crippen molar-refractivity contribution < 1.29 is 4.79 Å². The monoisotopic (exact) mass is 214 g/mol. The number of halogens is 1. The first-order valence-corrected chi connectivity index (χ1v) is 3.79. The molecular formula is C7H7BrN2O. The second kappa shape index (κ2) is 3.50. The maximum atomic E-state index is 10.2. The third-order valence-electron chi connectivity index (χ3n) is 1.24. The maximum Gasteiger partial charge on any atom is 0.228 e. The van der Waals surface area contributed by atoms with E-state index < -0.39 is 0 Å². The van der Waals surface area contributed by atoms with E-state index in [1.165, 1.54) is 0 Å². The highest BCUT2D eigenvalue weighted by molar-refractivity contribution is 9.10. The van der Waals surface area contributed by atoms with Crippen LogP contribution in [0.1, 0.15) is 0 Å². The van der Waals surface area contributed by atoms with Gasteiger partial charge in [0.15, 0.2) is 0 Å². The molecule has 1 rings (SSSR count). The summed E-state index contributed by atoms with van der Waals surface area (Å²) in [5, 5.41) is 1.02. The maximum absolute atomic E-state index is 10.2. The van der Waals surface area contributed by atoms with E-state index in [4.69, 9.17) is 5.84 Å². The normalized spacial score (nSPS) is 9.27. The molecule has 0 radical (unpaired) electrons. The number of para-hydroxylation sites is 1. The van der Waals surface area contributed by atoms with Gasteiger partial charge in [0.05, 0.1) is 5.69 Å². The molecule has 1 aromatic rings. The summed E-state index contributed by atoms with van der Waals surface area (Å²) >= 11 is 3.26. The van der Waals surface area contributed by atoms with Crippen LogP contribution in [-0.2, 0) is 4.79 Å². The van der Waals surface area contributed by atoms with Gasteiger partial charge in [0.25, 0.3) is 0 Å². The zero-order valence-electron chi connectivity index (χ0n) is 5.70. The SMILES string of the molecule is NN(C=O)c1ccccc1Br. The van der Waals surface area contributed by atoms with Crippen LogP contribution in [-0.4, -0.2) is 6.41 Å². The number of anilines is 1. The quantitative estimate of drug-likeness (QED) is 0.349. The van der Waals surface area contributed by atoms with Crippen LogP contribution in [0.2, 0.25) is 0 Å². The Kier molecular flexibility index (Phi) is 2.62. The van der Waals surface area contributed by atoms with Crippen LogP contribution < -0.4 is 10.9 Å². The van der Waals surface area contributed by atoms with Crippen LogP contribution in [0.25, 0.3) is 0 Å².